The molecule has 2 unspecified atom stereocenters. The predicted molar refractivity (Wildman–Crippen MR) is 141 cm³/mol. The van der Waals surface area contributed by atoms with Gasteiger partial charge in [-0.25, -0.2) is 0 Å². The highest BCUT2D eigenvalue weighted by molar-refractivity contribution is 5.40. The monoisotopic (exact) mass is 483 g/mol. The second-order valence-electron chi connectivity index (χ2n) is 9.56. The van der Waals surface area contributed by atoms with Crippen molar-refractivity contribution in [2.75, 3.05) is 32.8 Å². The maximum Gasteiger partial charge on any atom is 0.119 e. The first-order valence-corrected chi connectivity index (χ1v) is 13.1. The van der Waals surface area contributed by atoms with Gasteiger partial charge in [0.05, 0.1) is 29.3 Å². The Morgan fingerprint density at radius 1 is 1.06 bits per heavy atom. The predicted octanol–water partition coefficient (Wildman–Crippen LogP) is 5.73. The Balaban J connectivity index is 1.66. The number of nitrogens with zero attached hydrogens (tertiary/aromatic N) is 5. The van der Waals surface area contributed by atoms with Crippen LogP contribution >= 0.6 is 0 Å². The maximum atomic E-state index is 9.35. The first-order valence-electron chi connectivity index (χ1n) is 13.1. The Bertz CT molecular complexity index is 1090. The van der Waals surface area contributed by atoms with Gasteiger partial charge in [0.1, 0.15) is 12.4 Å². The van der Waals surface area contributed by atoms with Gasteiger partial charge in [-0.2, -0.15) is 15.8 Å². The van der Waals surface area contributed by atoms with E-state index in [9.17, 15) is 10.5 Å². The Labute approximate surface area is 216 Å². The van der Waals surface area contributed by atoms with Crippen LogP contribution in [0.3, 0.4) is 0 Å². The number of hydrogen-bond acceptors (Lipinski definition) is 6. The molecular weight excluding hydrogens is 446 g/mol. The molecule has 1 aliphatic heterocycles. The fraction of sp³-hybridized carbons (Fsp3) is 0.500. The number of likely N-dealkylation sites (tertiary alicyclic amines) is 1. The van der Waals surface area contributed by atoms with Crippen molar-refractivity contribution in [3.63, 3.8) is 0 Å². The third kappa shape index (κ3) is 7.56. The van der Waals surface area contributed by atoms with Gasteiger partial charge in [-0.1, -0.05) is 38.3 Å². The van der Waals surface area contributed by atoms with E-state index < -0.39 is 0 Å². The van der Waals surface area contributed by atoms with Gasteiger partial charge < -0.3 is 4.74 Å². The topological polar surface area (TPSA) is 87.1 Å². The second kappa shape index (κ2) is 14.3. The lowest BCUT2D eigenvalue weighted by molar-refractivity contribution is 0.149. The molecule has 2 aromatic carbocycles. The smallest absolute Gasteiger partial charge is 0.119 e. The molecule has 1 saturated heterocycles. The van der Waals surface area contributed by atoms with Crippen molar-refractivity contribution in [3.8, 4) is 24.0 Å². The van der Waals surface area contributed by atoms with E-state index in [4.69, 9.17) is 10.00 Å². The average molecular weight is 484 g/mol. The van der Waals surface area contributed by atoms with Gasteiger partial charge in [-0.3, -0.25) is 9.80 Å². The van der Waals surface area contributed by atoms with Gasteiger partial charge >= 0.3 is 0 Å². The van der Waals surface area contributed by atoms with Crippen LogP contribution in [0.25, 0.3) is 0 Å². The number of ether oxygens (including phenoxy) is 1. The minimum atomic E-state index is 0.348. The van der Waals surface area contributed by atoms with Gasteiger partial charge in [-0.05, 0) is 61.2 Å². The number of benzene rings is 2. The summed E-state index contributed by atoms with van der Waals surface area (Å²) in [5.41, 5.74) is 3.71. The van der Waals surface area contributed by atoms with Crippen molar-refractivity contribution in [1.82, 2.24) is 9.80 Å². The number of unbranched alkanes of at least 4 members (excludes halogenated alkanes) is 2. The first kappa shape index (κ1) is 27.2. The standard InChI is InChI=1S/C30H37N5O/c1-3-4-5-7-30(26-10-11-27(22-33)24(2)20-26)35-17-14-28(23-35)34(16-6-15-31)18-19-36-29-12-8-25(21-32)9-13-29/h8-13,20,28,30H,3-7,14,16-19,23H2,1-2H3. The van der Waals surface area contributed by atoms with Gasteiger partial charge in [0.15, 0.2) is 0 Å². The summed E-state index contributed by atoms with van der Waals surface area (Å²) >= 11 is 0. The summed E-state index contributed by atoms with van der Waals surface area (Å²) in [4.78, 5) is 5.00. The lowest BCUT2D eigenvalue weighted by atomic mass is 9.96. The molecule has 0 aliphatic carbocycles. The van der Waals surface area contributed by atoms with Crippen LogP contribution in [-0.2, 0) is 0 Å². The minimum Gasteiger partial charge on any atom is -0.492 e. The molecule has 188 valence electrons. The van der Waals surface area contributed by atoms with Crippen LogP contribution in [0.4, 0.5) is 0 Å². The van der Waals surface area contributed by atoms with Gasteiger partial charge in [0.25, 0.3) is 0 Å². The Morgan fingerprint density at radius 2 is 1.86 bits per heavy atom. The fourth-order valence-corrected chi connectivity index (χ4v) is 5.09. The molecule has 0 bridgehead atoms. The van der Waals surface area contributed by atoms with Gasteiger partial charge in [0.2, 0.25) is 0 Å². The van der Waals surface area contributed by atoms with E-state index >= 15 is 0 Å². The van der Waals surface area contributed by atoms with E-state index in [1.165, 1.54) is 24.8 Å². The molecule has 1 fully saturated rings. The maximum absolute atomic E-state index is 9.35. The summed E-state index contributed by atoms with van der Waals surface area (Å²) in [6.45, 7) is 8.30. The van der Waals surface area contributed by atoms with Gasteiger partial charge in [0, 0.05) is 44.7 Å². The molecule has 0 spiro atoms. The third-order valence-corrected chi connectivity index (χ3v) is 7.13. The molecule has 6 nitrogen and oxygen atoms in total. The van der Waals surface area contributed by atoms with Crippen LogP contribution < -0.4 is 4.74 Å². The minimum absolute atomic E-state index is 0.348. The highest BCUT2D eigenvalue weighted by atomic mass is 16.5. The normalized spacial score (nSPS) is 16.3. The Hall–Kier alpha value is -3.37. The molecule has 1 aliphatic rings. The summed E-state index contributed by atoms with van der Waals surface area (Å²) in [6.07, 6.45) is 6.31. The lowest BCUT2D eigenvalue weighted by Crippen LogP contribution is -2.41. The van der Waals surface area contributed by atoms with E-state index in [0.717, 1.165) is 55.9 Å². The molecule has 2 atom stereocenters. The second-order valence-corrected chi connectivity index (χ2v) is 9.56. The van der Waals surface area contributed by atoms with E-state index in [1.807, 2.05) is 25.1 Å². The van der Waals surface area contributed by atoms with Crippen LogP contribution in [0.2, 0.25) is 0 Å². The zero-order valence-corrected chi connectivity index (χ0v) is 21.6. The molecule has 36 heavy (non-hydrogen) atoms. The molecule has 0 radical (unpaired) electrons. The van der Waals surface area contributed by atoms with Crippen molar-refractivity contribution in [3.05, 3.63) is 64.7 Å². The highest BCUT2D eigenvalue weighted by Crippen LogP contribution is 2.32. The fourth-order valence-electron chi connectivity index (χ4n) is 5.09. The van der Waals surface area contributed by atoms with Crippen molar-refractivity contribution in [2.24, 2.45) is 0 Å². The summed E-state index contributed by atoms with van der Waals surface area (Å²) in [5, 5.41) is 27.5. The molecule has 2 aromatic rings. The Kier molecular flexibility index (Phi) is 10.8. The number of rotatable bonds is 13. The Morgan fingerprint density at radius 3 is 2.53 bits per heavy atom. The number of hydrogen-bond donors (Lipinski definition) is 0. The van der Waals surface area contributed by atoms with Crippen molar-refractivity contribution in [1.29, 1.82) is 15.8 Å². The molecule has 0 N–H and O–H groups in total. The van der Waals surface area contributed by atoms with Crippen LogP contribution in [0.1, 0.15) is 73.7 Å². The summed E-state index contributed by atoms with van der Waals surface area (Å²) in [7, 11) is 0. The first-order chi connectivity index (χ1) is 17.6. The third-order valence-electron chi connectivity index (χ3n) is 7.13. The molecular formula is C30H37N5O. The summed E-state index contributed by atoms with van der Waals surface area (Å²) < 4.78 is 5.95. The highest BCUT2D eigenvalue weighted by Gasteiger charge is 2.32. The van der Waals surface area contributed by atoms with Crippen LogP contribution in [0.5, 0.6) is 5.75 Å². The SMILES string of the molecule is CCCCCC(c1ccc(C#N)c(C)c1)N1CCC(N(CCC#N)CCOc2ccc(C#N)cc2)C1. The summed E-state index contributed by atoms with van der Waals surface area (Å²) in [6, 6.07) is 20.9. The number of nitriles is 3. The van der Waals surface area contributed by atoms with Gasteiger partial charge in [-0.15, -0.1) is 0 Å². The van der Waals surface area contributed by atoms with E-state index in [-0.39, 0.29) is 0 Å². The quantitative estimate of drug-likeness (QED) is 0.338. The van der Waals surface area contributed by atoms with E-state index in [2.05, 4.69) is 47.1 Å². The molecule has 0 saturated carbocycles. The van der Waals surface area contributed by atoms with Crippen LogP contribution in [0, 0.1) is 40.9 Å². The largest absolute Gasteiger partial charge is 0.492 e. The average Bonchev–Trinajstić information content (AvgIpc) is 3.38. The molecule has 6 heteroatoms. The van der Waals surface area contributed by atoms with E-state index in [1.54, 1.807) is 12.1 Å². The van der Waals surface area contributed by atoms with Crippen molar-refractivity contribution >= 4 is 0 Å². The van der Waals surface area contributed by atoms with Crippen molar-refractivity contribution in [2.45, 2.75) is 64.5 Å². The van der Waals surface area contributed by atoms with Crippen LogP contribution in [-0.4, -0.2) is 48.6 Å². The molecule has 1 heterocycles. The van der Waals surface area contributed by atoms with E-state index in [0.29, 0.717) is 30.7 Å². The zero-order chi connectivity index (χ0) is 25.8. The lowest BCUT2D eigenvalue weighted by Gasteiger charge is -2.32. The molecule has 0 aromatic heterocycles. The molecule has 3 rings (SSSR count). The van der Waals surface area contributed by atoms with Crippen molar-refractivity contribution < 1.29 is 4.74 Å². The summed E-state index contributed by atoms with van der Waals surface area (Å²) in [5.74, 6) is 0.759. The zero-order valence-electron chi connectivity index (χ0n) is 21.6. The van der Waals surface area contributed by atoms with Crippen LogP contribution in [0.15, 0.2) is 42.5 Å². The number of aryl methyl sites for hydroxylation is 1. The molecule has 0 amide bonds.